The molecule has 2 unspecified atom stereocenters. The number of benzene rings is 1. The minimum atomic E-state index is -1.76. The Morgan fingerprint density at radius 3 is 2.59 bits per heavy atom. The number of β-lactam (4-membered cyclic amide) rings is 1. The molecule has 2 aliphatic rings. The number of nitrogen functional groups attached to an aromatic ring is 2. The number of thioether (sulfide) groups is 2. The van der Waals surface area contributed by atoms with Crippen LogP contribution in [0.5, 0.6) is 0 Å². The Bertz CT molecular complexity index is 1790. The van der Waals surface area contributed by atoms with Gasteiger partial charge in [0.25, 0.3) is 11.8 Å². The largest absolute Gasteiger partial charge is 0.478 e. The molecule has 2 amide bonds. The molecule has 46 heavy (non-hydrogen) atoms. The molecular weight excluding hydrogens is 657 g/mol. The van der Waals surface area contributed by atoms with Crippen LogP contribution in [0.2, 0.25) is 0 Å². The van der Waals surface area contributed by atoms with Gasteiger partial charge in [-0.05, 0) is 36.2 Å². The van der Waals surface area contributed by atoms with Crippen LogP contribution in [0.15, 0.2) is 64.2 Å². The highest BCUT2D eigenvalue weighted by molar-refractivity contribution is 8.01. The van der Waals surface area contributed by atoms with Gasteiger partial charge < -0.3 is 31.8 Å². The lowest BCUT2D eigenvalue weighted by molar-refractivity contribution is -0.702. The topological polar surface area (TPSA) is 227 Å². The molecule has 18 heteroatoms. The summed E-state index contributed by atoms with van der Waals surface area (Å²) in [6.45, 7) is 2.50. The predicted octanol–water partition coefficient (Wildman–Crippen LogP) is 1.31. The zero-order valence-corrected chi connectivity index (χ0v) is 27.1. The number of hydrogen-bond acceptors (Lipinski definition) is 13. The van der Waals surface area contributed by atoms with Gasteiger partial charge in [0.1, 0.15) is 22.8 Å². The Labute approximate surface area is 274 Å². The Hall–Kier alpha value is -4.68. The van der Waals surface area contributed by atoms with Crippen LogP contribution < -0.4 is 21.4 Å². The molecule has 0 radical (unpaired) electrons. The first kappa shape index (κ1) is 32.7. The van der Waals surface area contributed by atoms with Gasteiger partial charge in [-0.15, -0.1) is 11.8 Å². The van der Waals surface area contributed by atoms with Crippen molar-refractivity contribution in [2.45, 2.75) is 36.0 Å². The summed E-state index contributed by atoms with van der Waals surface area (Å²) in [6, 6.07) is 10.3. The van der Waals surface area contributed by atoms with Gasteiger partial charge in [-0.2, -0.15) is 0 Å². The van der Waals surface area contributed by atoms with Gasteiger partial charge >= 0.3 is 17.1 Å². The summed E-state index contributed by atoms with van der Waals surface area (Å²) in [7, 11) is 1.84. The molecule has 3 aromatic rings. The molecule has 4 heterocycles. The molecule has 0 bridgehead atoms. The van der Waals surface area contributed by atoms with Gasteiger partial charge in [0.2, 0.25) is 11.4 Å². The average molecular weight is 686 g/mol. The van der Waals surface area contributed by atoms with E-state index in [1.165, 1.54) is 43.6 Å². The molecule has 2 atom stereocenters. The summed E-state index contributed by atoms with van der Waals surface area (Å²) in [5.41, 5.74) is 11.8. The fourth-order valence-electron chi connectivity index (χ4n) is 4.52. The van der Waals surface area contributed by atoms with Crippen LogP contribution in [0.3, 0.4) is 0 Å². The third kappa shape index (κ3) is 6.49. The van der Waals surface area contributed by atoms with E-state index in [9.17, 15) is 29.4 Å². The number of nitrogens with one attached hydrogen (secondary N) is 1. The zero-order valence-electron chi connectivity index (χ0n) is 24.7. The molecule has 2 aliphatic heterocycles. The number of carboxylic acids is 2. The van der Waals surface area contributed by atoms with Gasteiger partial charge in [-0.3, -0.25) is 14.5 Å². The number of carboxylic acid groups (broad SMARTS) is 2. The molecule has 1 fully saturated rings. The molecule has 0 saturated carbocycles. The number of aromatic nitrogens is 3. The molecule has 2 aromatic heterocycles. The number of nitrogens with two attached hydrogens (primary N) is 2. The van der Waals surface area contributed by atoms with Gasteiger partial charge in [-0.1, -0.05) is 46.8 Å². The van der Waals surface area contributed by atoms with Gasteiger partial charge in [0.05, 0.1) is 18.0 Å². The molecule has 5 rings (SSSR count). The van der Waals surface area contributed by atoms with Crippen molar-refractivity contribution < 1.29 is 38.8 Å². The number of fused-ring (bicyclic) bond motifs is 1. The summed E-state index contributed by atoms with van der Waals surface area (Å²) in [6.07, 6.45) is 1.27. The molecule has 7 N–H and O–H groups in total. The van der Waals surface area contributed by atoms with Crippen LogP contribution in [-0.4, -0.2) is 83.1 Å². The van der Waals surface area contributed by atoms with Crippen LogP contribution in [0.4, 0.5) is 10.9 Å². The number of carbonyl (C=O) groups excluding carboxylic acids is 2. The van der Waals surface area contributed by atoms with E-state index in [2.05, 4.69) is 20.4 Å². The van der Waals surface area contributed by atoms with E-state index >= 15 is 0 Å². The minimum absolute atomic E-state index is 0.127. The molecule has 15 nitrogen and oxygen atoms in total. The van der Waals surface area contributed by atoms with E-state index in [-0.39, 0.29) is 32.9 Å². The maximum Gasteiger partial charge on any atom is 0.362 e. The minimum Gasteiger partial charge on any atom is -0.478 e. The number of carbonyl (C=O) groups is 4. The summed E-state index contributed by atoms with van der Waals surface area (Å²) in [4.78, 5) is 65.4. The number of thiazole rings is 1. The number of oxime groups is 1. The average Bonchev–Trinajstić information content (AvgIpc) is 3.45. The van der Waals surface area contributed by atoms with E-state index in [0.717, 1.165) is 27.5 Å². The van der Waals surface area contributed by atoms with E-state index in [1.54, 1.807) is 6.07 Å². The van der Waals surface area contributed by atoms with Crippen molar-refractivity contribution in [2.24, 2.45) is 12.2 Å². The summed E-state index contributed by atoms with van der Waals surface area (Å²) >= 11 is 3.50. The summed E-state index contributed by atoms with van der Waals surface area (Å²) in [5, 5.41) is 25.8. The quantitative estimate of drug-likeness (QED) is 0.0480. The number of nitrogens with zero attached hydrogens (tertiary/aromatic N) is 5. The molecule has 0 spiro atoms. The van der Waals surface area contributed by atoms with Crippen molar-refractivity contribution in [2.75, 3.05) is 23.0 Å². The highest BCUT2D eigenvalue weighted by atomic mass is 32.2. The first-order chi connectivity index (χ1) is 21.8. The fraction of sp³-hybridized carbons (Fsp3) is 0.286. The number of rotatable bonds is 11. The van der Waals surface area contributed by atoms with Crippen LogP contribution in [0.1, 0.15) is 18.7 Å². The van der Waals surface area contributed by atoms with Crippen LogP contribution >= 0.6 is 34.9 Å². The van der Waals surface area contributed by atoms with Crippen LogP contribution in [0.25, 0.3) is 11.3 Å². The van der Waals surface area contributed by atoms with Crippen molar-refractivity contribution in [3.05, 3.63) is 58.7 Å². The lowest BCUT2D eigenvalue weighted by atomic mass is 10.0. The lowest BCUT2D eigenvalue weighted by Gasteiger charge is -2.49. The lowest BCUT2D eigenvalue weighted by Crippen LogP contribution is -2.71. The third-order valence-corrected chi connectivity index (χ3v) is 10.3. The Morgan fingerprint density at radius 1 is 1.24 bits per heavy atom. The van der Waals surface area contributed by atoms with E-state index < -0.39 is 40.8 Å². The van der Waals surface area contributed by atoms with E-state index in [4.69, 9.17) is 16.3 Å². The van der Waals surface area contributed by atoms with Crippen LogP contribution in [0, 0.1) is 0 Å². The zero-order chi connectivity index (χ0) is 33.3. The Morgan fingerprint density at radius 2 is 1.96 bits per heavy atom. The number of anilines is 2. The fourth-order valence-corrected chi connectivity index (χ4v) is 7.66. The number of hydrogen-bond donors (Lipinski definition) is 5. The van der Waals surface area contributed by atoms with Crippen molar-refractivity contribution in [3.8, 4) is 11.3 Å². The first-order valence-electron chi connectivity index (χ1n) is 13.6. The Kier molecular flexibility index (Phi) is 9.22. The van der Waals surface area contributed by atoms with E-state index in [0.29, 0.717) is 16.5 Å². The predicted molar refractivity (Wildman–Crippen MR) is 172 cm³/mol. The summed E-state index contributed by atoms with van der Waals surface area (Å²) in [5.74, 6) is -3.26. The van der Waals surface area contributed by atoms with Crippen LogP contribution in [-0.2, 0) is 31.1 Å². The monoisotopic (exact) mass is 685 g/mol. The van der Waals surface area contributed by atoms with Crippen molar-refractivity contribution in [3.63, 3.8) is 0 Å². The normalized spacial score (nSPS) is 18.1. The molecule has 1 saturated heterocycles. The number of amides is 2. The van der Waals surface area contributed by atoms with Crippen molar-refractivity contribution in [1.82, 2.24) is 20.2 Å². The summed E-state index contributed by atoms with van der Waals surface area (Å²) < 4.78 is 1.87. The third-order valence-electron chi connectivity index (χ3n) is 6.99. The molecule has 0 aliphatic carbocycles. The second-order valence-corrected chi connectivity index (χ2v) is 13.7. The second kappa shape index (κ2) is 13.0. The van der Waals surface area contributed by atoms with Crippen molar-refractivity contribution in [1.29, 1.82) is 0 Å². The standard InChI is InChI=1S/C28H28N8O7S3/c1-28(2,25(41)42)43-34-18(16-10-31-26(30)46-16)21(37)33-19-22(38)36-20(24(39)40)14(11-44-23(19)36)12-45-27-32-17(29)9-15(35(27)3)13-7-5-4-6-8-13/h4-10,19,23,29H,11-12H2,1-3H3,(H5,30,31,33,34,37,39,40,41,42)/p+1. The first-order valence-corrected chi connectivity index (χ1v) is 16.4. The molecule has 1 aromatic carbocycles. The highest BCUT2D eigenvalue weighted by Gasteiger charge is 2.54. The van der Waals surface area contributed by atoms with Gasteiger partial charge in [0, 0.05) is 23.3 Å². The molecular formula is C28H29N8O7S3+. The van der Waals surface area contributed by atoms with Crippen molar-refractivity contribution >= 4 is 75.3 Å². The highest BCUT2D eigenvalue weighted by Crippen LogP contribution is 2.41. The number of aliphatic carboxylic acids is 2. The maximum absolute atomic E-state index is 13.3. The second-order valence-electron chi connectivity index (χ2n) is 10.6. The van der Waals surface area contributed by atoms with Gasteiger partial charge in [-0.25, -0.2) is 19.1 Å². The smallest absolute Gasteiger partial charge is 0.362 e. The SMILES string of the molecule is C[n+]1c(-c2ccccc2)cc(N)nc1SCC1=C(C(=O)O)N2C(=O)C(NC(=O)/C(=N\OC(C)(C)C(=O)O)c3cnc(N)s3)C2SC1. The molecule has 240 valence electrons. The van der Waals surface area contributed by atoms with E-state index in [1.807, 2.05) is 41.9 Å². The maximum atomic E-state index is 13.3. The van der Waals surface area contributed by atoms with Gasteiger partial charge in [0.15, 0.2) is 10.8 Å². The Balaban J connectivity index is 1.34.